The van der Waals surface area contributed by atoms with Crippen LogP contribution >= 0.6 is 11.8 Å². The third kappa shape index (κ3) is 3.58. The van der Waals surface area contributed by atoms with Gasteiger partial charge in [-0.2, -0.15) is 0 Å². The van der Waals surface area contributed by atoms with E-state index in [-0.39, 0.29) is 5.78 Å². The van der Waals surface area contributed by atoms with Gasteiger partial charge in [0.15, 0.2) is 5.78 Å². The van der Waals surface area contributed by atoms with Crippen LogP contribution in [0.4, 0.5) is 0 Å². The van der Waals surface area contributed by atoms with Gasteiger partial charge in [0.1, 0.15) is 11.5 Å². The monoisotopic (exact) mass is 300 g/mol. The number of fused-ring (bicyclic) bond motifs is 1. The minimum Gasteiger partial charge on any atom is -0.493 e. The Kier molecular flexibility index (Phi) is 4.46. The smallest absolute Gasteiger partial charge is 0.170 e. The standard InChI is InChI=1S/C17H16O3S/c18-16-8-9-20-17-7-6-13(12-15(16)17)19-10-11-21-14-4-2-1-3-5-14/h1-7,12H,8-11H2. The number of rotatable bonds is 5. The summed E-state index contributed by atoms with van der Waals surface area (Å²) in [4.78, 5) is 13.0. The second-order valence-corrected chi connectivity index (χ2v) is 5.86. The third-order valence-electron chi connectivity index (χ3n) is 3.20. The lowest BCUT2D eigenvalue weighted by Gasteiger charge is -2.17. The summed E-state index contributed by atoms with van der Waals surface area (Å²) in [5.41, 5.74) is 0.634. The summed E-state index contributed by atoms with van der Waals surface area (Å²) in [5, 5.41) is 0. The van der Waals surface area contributed by atoms with Crippen molar-refractivity contribution in [1.82, 2.24) is 0 Å². The van der Waals surface area contributed by atoms with E-state index in [0.717, 1.165) is 11.5 Å². The molecule has 0 radical (unpaired) electrons. The van der Waals surface area contributed by atoms with Crippen LogP contribution in [0, 0.1) is 0 Å². The molecule has 1 aliphatic rings. The molecule has 0 saturated heterocycles. The molecule has 0 spiro atoms. The van der Waals surface area contributed by atoms with Crippen LogP contribution in [0.15, 0.2) is 53.4 Å². The predicted octanol–water partition coefficient (Wildman–Crippen LogP) is 3.82. The lowest BCUT2D eigenvalue weighted by molar-refractivity contribution is 0.0933. The average Bonchev–Trinajstić information content (AvgIpc) is 2.53. The highest BCUT2D eigenvalue weighted by atomic mass is 32.2. The fourth-order valence-corrected chi connectivity index (χ4v) is 2.92. The number of Topliss-reactive ketones (excluding diaryl/α,β-unsaturated/α-hetero) is 1. The molecule has 2 aromatic carbocycles. The molecule has 1 heterocycles. The van der Waals surface area contributed by atoms with Gasteiger partial charge in [0.2, 0.25) is 0 Å². The molecular formula is C17H16O3S. The maximum atomic E-state index is 11.8. The summed E-state index contributed by atoms with van der Waals surface area (Å²) in [5.74, 6) is 2.38. The fourth-order valence-electron chi connectivity index (χ4n) is 2.17. The number of ketones is 1. The molecule has 0 amide bonds. The Morgan fingerprint density at radius 1 is 1.14 bits per heavy atom. The first kappa shape index (κ1) is 14.0. The van der Waals surface area contributed by atoms with Crippen molar-refractivity contribution >= 4 is 17.5 Å². The van der Waals surface area contributed by atoms with Crippen LogP contribution in [0.1, 0.15) is 16.8 Å². The summed E-state index contributed by atoms with van der Waals surface area (Å²) in [6, 6.07) is 15.7. The van der Waals surface area contributed by atoms with Gasteiger partial charge in [0.05, 0.1) is 18.8 Å². The molecule has 108 valence electrons. The molecule has 0 aromatic heterocycles. The first-order valence-corrected chi connectivity index (χ1v) is 7.92. The van der Waals surface area contributed by atoms with E-state index < -0.39 is 0 Å². The van der Waals surface area contributed by atoms with E-state index in [9.17, 15) is 4.79 Å². The first-order chi connectivity index (χ1) is 10.3. The molecule has 3 rings (SSSR count). The number of hydrogen-bond donors (Lipinski definition) is 0. The van der Waals surface area contributed by atoms with Crippen LogP contribution in [0.5, 0.6) is 11.5 Å². The van der Waals surface area contributed by atoms with Crippen molar-refractivity contribution < 1.29 is 14.3 Å². The van der Waals surface area contributed by atoms with Gasteiger partial charge in [-0.05, 0) is 30.3 Å². The second-order valence-electron chi connectivity index (χ2n) is 4.69. The van der Waals surface area contributed by atoms with E-state index in [2.05, 4.69) is 12.1 Å². The zero-order valence-corrected chi connectivity index (χ0v) is 12.4. The van der Waals surface area contributed by atoms with Gasteiger partial charge in [0, 0.05) is 17.1 Å². The van der Waals surface area contributed by atoms with Crippen LogP contribution < -0.4 is 9.47 Å². The topological polar surface area (TPSA) is 35.5 Å². The fraction of sp³-hybridized carbons (Fsp3) is 0.235. The summed E-state index contributed by atoms with van der Waals surface area (Å²) in [6.07, 6.45) is 0.445. The quantitative estimate of drug-likeness (QED) is 0.621. The van der Waals surface area contributed by atoms with Crippen molar-refractivity contribution in [2.24, 2.45) is 0 Å². The number of carbonyl (C=O) groups excluding carboxylic acids is 1. The molecule has 0 fully saturated rings. The molecule has 0 atom stereocenters. The zero-order valence-electron chi connectivity index (χ0n) is 11.6. The molecule has 0 saturated carbocycles. The second kappa shape index (κ2) is 6.68. The summed E-state index contributed by atoms with van der Waals surface area (Å²) < 4.78 is 11.2. The molecular weight excluding hydrogens is 284 g/mol. The number of hydrogen-bond acceptors (Lipinski definition) is 4. The Labute approximate surface area is 128 Å². The maximum absolute atomic E-state index is 11.8. The molecule has 0 aliphatic carbocycles. The van der Waals surface area contributed by atoms with Crippen LogP contribution in [0.3, 0.4) is 0 Å². The van der Waals surface area contributed by atoms with Gasteiger partial charge in [0.25, 0.3) is 0 Å². The van der Waals surface area contributed by atoms with Crippen molar-refractivity contribution in [3.8, 4) is 11.5 Å². The lowest BCUT2D eigenvalue weighted by Crippen LogP contribution is -2.15. The van der Waals surface area contributed by atoms with Gasteiger partial charge < -0.3 is 9.47 Å². The number of carbonyl (C=O) groups is 1. The minimum absolute atomic E-state index is 0.125. The van der Waals surface area contributed by atoms with Crippen LogP contribution in [0.2, 0.25) is 0 Å². The van der Waals surface area contributed by atoms with Gasteiger partial charge >= 0.3 is 0 Å². The predicted molar refractivity (Wildman–Crippen MR) is 83.5 cm³/mol. The molecule has 0 unspecified atom stereocenters. The molecule has 0 bridgehead atoms. The van der Waals surface area contributed by atoms with Crippen molar-refractivity contribution in [3.05, 3.63) is 54.1 Å². The largest absolute Gasteiger partial charge is 0.493 e. The van der Waals surface area contributed by atoms with Crippen molar-refractivity contribution in [1.29, 1.82) is 0 Å². The molecule has 2 aromatic rings. The molecule has 21 heavy (non-hydrogen) atoms. The third-order valence-corrected chi connectivity index (χ3v) is 4.18. The minimum atomic E-state index is 0.125. The van der Waals surface area contributed by atoms with Crippen LogP contribution in [0.25, 0.3) is 0 Å². The van der Waals surface area contributed by atoms with Gasteiger partial charge in [-0.15, -0.1) is 11.8 Å². The summed E-state index contributed by atoms with van der Waals surface area (Å²) >= 11 is 1.75. The zero-order chi connectivity index (χ0) is 14.5. The number of thioether (sulfide) groups is 1. The number of benzene rings is 2. The maximum Gasteiger partial charge on any atom is 0.170 e. The first-order valence-electron chi connectivity index (χ1n) is 6.93. The lowest BCUT2D eigenvalue weighted by atomic mass is 10.1. The van der Waals surface area contributed by atoms with E-state index in [1.165, 1.54) is 4.90 Å². The SMILES string of the molecule is O=C1CCOc2ccc(OCCSc3ccccc3)cc21. The molecule has 0 N–H and O–H groups in total. The molecule has 4 heteroatoms. The Morgan fingerprint density at radius 2 is 2.00 bits per heavy atom. The average molecular weight is 300 g/mol. The van der Waals surface area contributed by atoms with E-state index in [4.69, 9.17) is 9.47 Å². The van der Waals surface area contributed by atoms with Crippen molar-refractivity contribution in [3.63, 3.8) is 0 Å². The van der Waals surface area contributed by atoms with E-state index in [1.807, 2.05) is 30.3 Å². The highest BCUT2D eigenvalue weighted by Gasteiger charge is 2.18. The van der Waals surface area contributed by atoms with E-state index >= 15 is 0 Å². The molecule has 1 aliphatic heterocycles. The van der Waals surface area contributed by atoms with Gasteiger partial charge in [-0.25, -0.2) is 0 Å². The highest BCUT2D eigenvalue weighted by Crippen LogP contribution is 2.28. The summed E-state index contributed by atoms with van der Waals surface area (Å²) in [6.45, 7) is 1.08. The number of ether oxygens (including phenoxy) is 2. The van der Waals surface area contributed by atoms with E-state index in [0.29, 0.717) is 30.9 Å². The van der Waals surface area contributed by atoms with Crippen molar-refractivity contribution in [2.45, 2.75) is 11.3 Å². The Balaban J connectivity index is 1.54. The molecule has 3 nitrogen and oxygen atoms in total. The Hall–Kier alpha value is -1.94. The normalized spacial score (nSPS) is 13.4. The van der Waals surface area contributed by atoms with Gasteiger partial charge in [-0.3, -0.25) is 4.79 Å². The van der Waals surface area contributed by atoms with Crippen molar-refractivity contribution in [2.75, 3.05) is 19.0 Å². The van der Waals surface area contributed by atoms with Crippen LogP contribution in [-0.2, 0) is 0 Å². The Bertz CT molecular complexity index is 625. The van der Waals surface area contributed by atoms with Gasteiger partial charge in [-0.1, -0.05) is 18.2 Å². The van der Waals surface area contributed by atoms with E-state index in [1.54, 1.807) is 17.8 Å². The van der Waals surface area contributed by atoms with Crippen LogP contribution in [-0.4, -0.2) is 24.7 Å². The Morgan fingerprint density at radius 3 is 2.86 bits per heavy atom. The summed E-state index contributed by atoms with van der Waals surface area (Å²) in [7, 11) is 0. The highest BCUT2D eigenvalue weighted by molar-refractivity contribution is 7.99.